The van der Waals surface area contributed by atoms with Gasteiger partial charge in [0.2, 0.25) is 10.0 Å². The van der Waals surface area contributed by atoms with E-state index in [2.05, 4.69) is 10.2 Å². The number of carbonyl (C=O) groups excluding carboxylic acids is 1. The molecule has 1 aliphatic rings. The lowest BCUT2D eigenvalue weighted by Gasteiger charge is -2.32. The van der Waals surface area contributed by atoms with Gasteiger partial charge in [-0.15, -0.1) is 11.3 Å². The fourth-order valence-electron chi connectivity index (χ4n) is 3.49. The number of piperazine rings is 1. The van der Waals surface area contributed by atoms with Gasteiger partial charge < -0.3 is 9.88 Å². The normalized spacial score (nSPS) is 16.3. The summed E-state index contributed by atoms with van der Waals surface area (Å²) in [6, 6.07) is 9.36. The van der Waals surface area contributed by atoms with Crippen molar-refractivity contribution in [2.75, 3.05) is 37.8 Å². The molecule has 8 nitrogen and oxygen atoms in total. The minimum atomic E-state index is -3.13. The predicted molar refractivity (Wildman–Crippen MR) is 115 cm³/mol. The van der Waals surface area contributed by atoms with Crippen molar-refractivity contribution in [2.45, 2.75) is 6.54 Å². The van der Waals surface area contributed by atoms with Crippen molar-refractivity contribution in [2.24, 2.45) is 7.05 Å². The van der Waals surface area contributed by atoms with Crippen LogP contribution in [0.15, 0.2) is 35.7 Å². The molecule has 1 fully saturated rings. The Morgan fingerprint density at radius 3 is 2.62 bits per heavy atom. The average Bonchev–Trinajstić information content (AvgIpc) is 3.31. The number of benzene rings is 1. The van der Waals surface area contributed by atoms with Crippen LogP contribution in [-0.4, -0.2) is 65.5 Å². The Morgan fingerprint density at radius 2 is 1.97 bits per heavy atom. The number of imidazole rings is 1. The van der Waals surface area contributed by atoms with Gasteiger partial charge in [0.15, 0.2) is 0 Å². The molecule has 1 aromatic carbocycles. The third kappa shape index (κ3) is 4.35. The molecule has 0 spiro atoms. The van der Waals surface area contributed by atoms with Gasteiger partial charge in [-0.2, -0.15) is 4.31 Å². The molecule has 1 N–H and O–H groups in total. The summed E-state index contributed by atoms with van der Waals surface area (Å²) in [4.78, 5) is 19.9. The number of rotatable bonds is 5. The Morgan fingerprint density at radius 1 is 1.21 bits per heavy atom. The van der Waals surface area contributed by atoms with Crippen molar-refractivity contribution in [3.05, 3.63) is 46.4 Å². The molecule has 0 aliphatic carbocycles. The minimum Gasteiger partial charge on any atom is -0.330 e. The second-order valence-corrected chi connectivity index (χ2v) is 10.1. The first kappa shape index (κ1) is 20.0. The van der Waals surface area contributed by atoms with Gasteiger partial charge in [-0.1, -0.05) is 6.07 Å². The van der Waals surface area contributed by atoms with Gasteiger partial charge in [-0.3, -0.25) is 9.69 Å². The van der Waals surface area contributed by atoms with Crippen molar-refractivity contribution < 1.29 is 13.2 Å². The summed E-state index contributed by atoms with van der Waals surface area (Å²) in [7, 11) is -1.16. The van der Waals surface area contributed by atoms with Crippen LogP contribution in [0, 0.1) is 0 Å². The third-order valence-corrected chi connectivity index (χ3v) is 7.31. The zero-order chi connectivity index (χ0) is 20.6. The van der Waals surface area contributed by atoms with Crippen LogP contribution in [0.5, 0.6) is 0 Å². The largest absolute Gasteiger partial charge is 0.330 e. The van der Waals surface area contributed by atoms with Crippen LogP contribution in [0.25, 0.3) is 11.0 Å². The van der Waals surface area contributed by atoms with Crippen LogP contribution in [0.4, 0.5) is 5.69 Å². The fourth-order valence-corrected chi connectivity index (χ4v) is 4.93. The van der Waals surface area contributed by atoms with Crippen molar-refractivity contribution in [1.82, 2.24) is 18.8 Å². The van der Waals surface area contributed by atoms with Crippen LogP contribution >= 0.6 is 11.3 Å². The number of sulfonamides is 1. The number of thiophene rings is 1. The summed E-state index contributed by atoms with van der Waals surface area (Å²) in [6.07, 6.45) is 1.25. The summed E-state index contributed by atoms with van der Waals surface area (Å²) in [5, 5.41) is 4.79. The molecule has 1 aliphatic heterocycles. The first-order chi connectivity index (χ1) is 13.8. The number of nitrogens with one attached hydrogen (secondary N) is 1. The first-order valence-electron chi connectivity index (χ1n) is 9.29. The Balaban J connectivity index is 1.47. The van der Waals surface area contributed by atoms with Gasteiger partial charge in [0.25, 0.3) is 5.91 Å². The second kappa shape index (κ2) is 7.86. The van der Waals surface area contributed by atoms with Crippen molar-refractivity contribution in [3.8, 4) is 0 Å². The van der Waals surface area contributed by atoms with E-state index in [9.17, 15) is 13.2 Å². The highest BCUT2D eigenvalue weighted by atomic mass is 32.2. The average molecular weight is 434 g/mol. The van der Waals surface area contributed by atoms with Gasteiger partial charge in [0, 0.05) is 38.9 Å². The van der Waals surface area contributed by atoms with Crippen LogP contribution in [0.2, 0.25) is 0 Å². The van der Waals surface area contributed by atoms with E-state index in [0.717, 1.165) is 16.9 Å². The van der Waals surface area contributed by atoms with Crippen molar-refractivity contribution >= 4 is 44.0 Å². The Bertz CT molecular complexity index is 1130. The zero-order valence-electron chi connectivity index (χ0n) is 16.3. The number of amides is 1. The number of aromatic nitrogens is 2. The lowest BCUT2D eigenvalue weighted by molar-refractivity contribution is 0.103. The van der Waals surface area contributed by atoms with E-state index < -0.39 is 10.0 Å². The highest BCUT2D eigenvalue weighted by Crippen LogP contribution is 2.22. The molecule has 1 saturated heterocycles. The molecule has 0 atom stereocenters. The van der Waals surface area contributed by atoms with Crippen LogP contribution < -0.4 is 5.32 Å². The molecular weight excluding hydrogens is 410 g/mol. The lowest BCUT2D eigenvalue weighted by Crippen LogP contribution is -2.48. The molecule has 2 aromatic heterocycles. The Hall–Kier alpha value is -2.27. The first-order valence-corrected chi connectivity index (χ1v) is 12.0. The van der Waals surface area contributed by atoms with Crippen LogP contribution in [0.1, 0.15) is 15.5 Å². The molecule has 0 bridgehead atoms. The van der Waals surface area contributed by atoms with E-state index in [1.54, 1.807) is 6.07 Å². The molecular formula is C19H23N5O3S2. The summed E-state index contributed by atoms with van der Waals surface area (Å²) in [6.45, 7) is 3.01. The molecule has 29 heavy (non-hydrogen) atoms. The topological polar surface area (TPSA) is 87.5 Å². The third-order valence-electron chi connectivity index (χ3n) is 5.14. The predicted octanol–water partition coefficient (Wildman–Crippen LogP) is 1.96. The van der Waals surface area contributed by atoms with E-state index in [1.165, 1.54) is 21.9 Å². The number of aryl methyl sites for hydroxylation is 1. The molecule has 0 saturated carbocycles. The Labute approximate surface area is 173 Å². The van der Waals surface area contributed by atoms with Gasteiger partial charge in [0.05, 0.1) is 28.7 Å². The summed E-state index contributed by atoms with van der Waals surface area (Å²) >= 11 is 1.40. The van der Waals surface area contributed by atoms with Gasteiger partial charge >= 0.3 is 0 Å². The second-order valence-electron chi connectivity index (χ2n) is 7.16. The van der Waals surface area contributed by atoms with Gasteiger partial charge in [-0.05, 0) is 29.6 Å². The lowest BCUT2D eigenvalue weighted by atomic mass is 10.2. The van der Waals surface area contributed by atoms with Gasteiger partial charge in [-0.25, -0.2) is 13.4 Å². The number of fused-ring (bicyclic) bond motifs is 1. The minimum absolute atomic E-state index is 0.126. The summed E-state index contributed by atoms with van der Waals surface area (Å²) < 4.78 is 26.9. The molecule has 3 heterocycles. The number of hydrogen-bond acceptors (Lipinski definition) is 6. The van der Waals surface area contributed by atoms with Gasteiger partial charge in [0.1, 0.15) is 5.82 Å². The zero-order valence-corrected chi connectivity index (χ0v) is 18.0. The maximum Gasteiger partial charge on any atom is 0.265 e. The van der Waals surface area contributed by atoms with E-state index in [0.29, 0.717) is 43.3 Å². The maximum absolute atomic E-state index is 12.3. The molecule has 0 radical (unpaired) electrons. The molecule has 154 valence electrons. The fraction of sp³-hybridized carbons (Fsp3) is 0.368. The SMILES string of the molecule is Cn1c(CN2CCN(S(C)(=O)=O)CC2)nc2cc(NC(=O)c3cccs3)ccc21. The summed E-state index contributed by atoms with van der Waals surface area (Å²) in [5.41, 5.74) is 2.52. The highest BCUT2D eigenvalue weighted by molar-refractivity contribution is 7.88. The molecule has 3 aromatic rings. The van der Waals surface area contributed by atoms with E-state index >= 15 is 0 Å². The molecule has 10 heteroatoms. The number of hydrogen-bond donors (Lipinski definition) is 1. The Kier molecular flexibility index (Phi) is 5.43. The quantitative estimate of drug-likeness (QED) is 0.665. The molecule has 0 unspecified atom stereocenters. The van der Waals surface area contributed by atoms with E-state index in [4.69, 9.17) is 4.98 Å². The smallest absolute Gasteiger partial charge is 0.265 e. The van der Waals surface area contributed by atoms with Crippen molar-refractivity contribution in [1.29, 1.82) is 0 Å². The van der Waals surface area contributed by atoms with Crippen molar-refractivity contribution in [3.63, 3.8) is 0 Å². The van der Waals surface area contributed by atoms with E-state index in [-0.39, 0.29) is 5.91 Å². The number of nitrogens with zero attached hydrogens (tertiary/aromatic N) is 4. The summed E-state index contributed by atoms with van der Waals surface area (Å²) in [5.74, 6) is 0.786. The van der Waals surface area contributed by atoms with Crippen LogP contribution in [-0.2, 0) is 23.6 Å². The molecule has 4 rings (SSSR count). The monoisotopic (exact) mass is 433 g/mol. The maximum atomic E-state index is 12.3. The van der Waals surface area contributed by atoms with Crippen LogP contribution in [0.3, 0.4) is 0 Å². The molecule has 1 amide bonds. The standard InChI is InChI=1S/C19H23N5O3S2/c1-22-16-6-5-14(20-19(25)17-4-3-11-28-17)12-15(16)21-18(22)13-23-7-9-24(10-8-23)29(2,26)27/h3-6,11-12H,7-10,13H2,1-2H3,(H,20,25). The highest BCUT2D eigenvalue weighted by Gasteiger charge is 2.24. The number of anilines is 1. The number of carbonyl (C=O) groups is 1. The van der Waals surface area contributed by atoms with E-state index in [1.807, 2.05) is 41.3 Å².